The molecule has 2 aromatic rings. The molecule has 0 N–H and O–H groups in total. The lowest BCUT2D eigenvalue weighted by atomic mass is 10.2. The number of ether oxygens (including phenoxy) is 1. The minimum Gasteiger partial charge on any atom is -0.480 e. The van der Waals surface area contributed by atoms with Crippen LogP contribution in [0.3, 0.4) is 0 Å². The second-order valence-electron chi connectivity index (χ2n) is 3.40. The molecule has 1 heterocycles. The fourth-order valence-electron chi connectivity index (χ4n) is 1.44. The summed E-state index contributed by atoms with van der Waals surface area (Å²) in [6.07, 6.45) is 1.53. The van der Waals surface area contributed by atoms with Crippen LogP contribution in [0.25, 0.3) is 5.69 Å². The van der Waals surface area contributed by atoms with Gasteiger partial charge in [0.15, 0.2) is 5.75 Å². The van der Waals surface area contributed by atoms with Gasteiger partial charge in [-0.1, -0.05) is 0 Å². The number of halogens is 1. The lowest BCUT2D eigenvalue weighted by Gasteiger charge is -2.08. The summed E-state index contributed by atoms with van der Waals surface area (Å²) < 4.78 is 6.83. The van der Waals surface area contributed by atoms with Crippen molar-refractivity contribution >= 4 is 21.6 Å². The molecule has 0 amide bonds. The van der Waals surface area contributed by atoms with Crippen LogP contribution < -0.4 is 4.74 Å². The van der Waals surface area contributed by atoms with Crippen molar-refractivity contribution in [3.63, 3.8) is 0 Å². The third-order valence-electron chi connectivity index (χ3n) is 2.22. The van der Waals surface area contributed by atoms with Crippen LogP contribution >= 0.6 is 15.9 Å². The van der Waals surface area contributed by atoms with Crippen LogP contribution in [0.4, 0.5) is 5.69 Å². The van der Waals surface area contributed by atoms with Crippen molar-refractivity contribution < 1.29 is 9.66 Å². The van der Waals surface area contributed by atoms with Crippen molar-refractivity contribution in [3.8, 4) is 11.4 Å². The molecule has 0 spiro atoms. The second kappa shape index (κ2) is 5.13. The van der Waals surface area contributed by atoms with Gasteiger partial charge in [-0.25, -0.2) is 9.67 Å². The molecule has 94 valence electrons. The average Bonchev–Trinajstić information content (AvgIpc) is 2.76. The number of aromatic nitrogens is 3. The number of hydrogen-bond donors (Lipinski definition) is 0. The Morgan fingerprint density at radius 2 is 2.33 bits per heavy atom. The molecule has 7 nitrogen and oxygen atoms in total. The molecule has 0 aliphatic rings. The molecular formula is C10H9BrN4O3. The molecule has 18 heavy (non-hydrogen) atoms. The molecule has 8 heteroatoms. The Labute approximate surface area is 111 Å². The summed E-state index contributed by atoms with van der Waals surface area (Å²) in [6, 6.07) is 4.32. The van der Waals surface area contributed by atoms with E-state index >= 15 is 0 Å². The van der Waals surface area contributed by atoms with E-state index in [2.05, 4.69) is 26.0 Å². The molecule has 0 saturated heterocycles. The van der Waals surface area contributed by atoms with Crippen LogP contribution in [0, 0.1) is 17.0 Å². The SMILES string of the molecule is Cc1ncn(-c2ccc([N+](=O)[O-])cc2OCBr)n1. The van der Waals surface area contributed by atoms with Gasteiger partial charge in [-0.2, -0.15) is 5.10 Å². The third-order valence-corrected chi connectivity index (χ3v) is 2.45. The van der Waals surface area contributed by atoms with Crippen molar-refractivity contribution in [1.29, 1.82) is 0 Å². The van der Waals surface area contributed by atoms with Gasteiger partial charge in [0.2, 0.25) is 0 Å². The zero-order valence-corrected chi connectivity index (χ0v) is 11.0. The molecule has 0 aliphatic heterocycles. The van der Waals surface area contributed by atoms with Crippen LogP contribution in [-0.2, 0) is 0 Å². The number of hydrogen-bond acceptors (Lipinski definition) is 5. The van der Waals surface area contributed by atoms with Gasteiger partial charge in [0.05, 0.1) is 11.0 Å². The van der Waals surface area contributed by atoms with Crippen molar-refractivity contribution in [3.05, 3.63) is 40.5 Å². The number of alkyl halides is 1. The maximum Gasteiger partial charge on any atom is 0.273 e. The first-order valence-electron chi connectivity index (χ1n) is 4.97. The molecule has 0 radical (unpaired) electrons. The second-order valence-corrected chi connectivity index (χ2v) is 3.86. The van der Waals surface area contributed by atoms with Crippen LogP contribution in [0.15, 0.2) is 24.5 Å². The van der Waals surface area contributed by atoms with Crippen LogP contribution in [0.5, 0.6) is 5.75 Å². The van der Waals surface area contributed by atoms with Gasteiger partial charge in [0.25, 0.3) is 5.69 Å². The molecular weight excluding hydrogens is 304 g/mol. The molecule has 0 aliphatic carbocycles. The quantitative estimate of drug-likeness (QED) is 0.491. The zero-order valence-electron chi connectivity index (χ0n) is 9.41. The highest BCUT2D eigenvalue weighted by atomic mass is 79.9. The summed E-state index contributed by atoms with van der Waals surface area (Å²) in [6.45, 7) is 1.76. The highest BCUT2D eigenvalue weighted by molar-refractivity contribution is 9.09. The van der Waals surface area contributed by atoms with Gasteiger partial charge in [0.1, 0.15) is 23.4 Å². The van der Waals surface area contributed by atoms with Gasteiger partial charge in [-0.3, -0.25) is 10.1 Å². The molecule has 0 bridgehead atoms. The van der Waals surface area contributed by atoms with E-state index in [0.29, 0.717) is 17.3 Å². The normalized spacial score (nSPS) is 10.3. The summed E-state index contributed by atoms with van der Waals surface area (Å²) in [5, 5.41) is 14.9. The van der Waals surface area contributed by atoms with Gasteiger partial charge < -0.3 is 4.74 Å². The lowest BCUT2D eigenvalue weighted by Crippen LogP contribution is -2.01. The molecule has 1 aromatic carbocycles. The topological polar surface area (TPSA) is 83.1 Å². The molecule has 0 atom stereocenters. The zero-order chi connectivity index (χ0) is 13.1. The summed E-state index contributed by atoms with van der Waals surface area (Å²) in [7, 11) is 0. The number of benzene rings is 1. The van der Waals surface area contributed by atoms with E-state index in [1.807, 2.05) is 0 Å². The van der Waals surface area contributed by atoms with Crippen molar-refractivity contribution in [1.82, 2.24) is 14.8 Å². The molecule has 0 unspecified atom stereocenters. The van der Waals surface area contributed by atoms with Crippen molar-refractivity contribution in [2.75, 3.05) is 5.52 Å². The van der Waals surface area contributed by atoms with Crippen LogP contribution in [0.1, 0.15) is 5.82 Å². The Hall–Kier alpha value is -1.96. The van der Waals surface area contributed by atoms with E-state index < -0.39 is 4.92 Å². The number of nitro groups is 1. The maximum atomic E-state index is 10.7. The Bertz CT molecular complexity index is 584. The first-order chi connectivity index (χ1) is 8.61. The first-order valence-corrected chi connectivity index (χ1v) is 6.10. The third kappa shape index (κ3) is 2.48. The van der Waals surface area contributed by atoms with Crippen molar-refractivity contribution in [2.45, 2.75) is 6.92 Å². The van der Waals surface area contributed by atoms with Gasteiger partial charge in [-0.15, -0.1) is 0 Å². The van der Waals surface area contributed by atoms with E-state index in [9.17, 15) is 10.1 Å². The van der Waals surface area contributed by atoms with Gasteiger partial charge in [0, 0.05) is 6.07 Å². The standard InChI is InChI=1S/C10H9BrN4O3/c1-7-12-6-14(13-7)9-3-2-8(15(16)17)4-10(9)18-5-11/h2-4,6H,5H2,1H3. The number of nitrogens with zero attached hydrogens (tertiary/aromatic N) is 4. The van der Waals surface area contributed by atoms with Gasteiger partial charge >= 0.3 is 0 Å². The Kier molecular flexibility index (Phi) is 3.56. The highest BCUT2D eigenvalue weighted by Gasteiger charge is 2.14. The Morgan fingerprint density at radius 3 is 2.89 bits per heavy atom. The molecule has 0 fully saturated rings. The number of rotatable bonds is 4. The summed E-state index contributed by atoms with van der Waals surface area (Å²) in [4.78, 5) is 14.2. The minimum absolute atomic E-state index is 0.0356. The summed E-state index contributed by atoms with van der Waals surface area (Å²) >= 11 is 3.12. The monoisotopic (exact) mass is 312 g/mol. The predicted octanol–water partition coefficient (Wildman–Crippen LogP) is 2.22. The lowest BCUT2D eigenvalue weighted by molar-refractivity contribution is -0.384. The van der Waals surface area contributed by atoms with Crippen LogP contribution in [0.2, 0.25) is 0 Å². The van der Waals surface area contributed by atoms with E-state index in [1.54, 1.807) is 13.0 Å². The highest BCUT2D eigenvalue weighted by Crippen LogP contribution is 2.27. The number of non-ortho nitro benzene ring substituents is 1. The van der Waals surface area contributed by atoms with E-state index in [-0.39, 0.29) is 11.2 Å². The predicted molar refractivity (Wildman–Crippen MR) is 67.2 cm³/mol. The Morgan fingerprint density at radius 1 is 1.56 bits per heavy atom. The largest absolute Gasteiger partial charge is 0.480 e. The smallest absolute Gasteiger partial charge is 0.273 e. The fraction of sp³-hybridized carbons (Fsp3) is 0.200. The minimum atomic E-state index is -0.475. The van der Waals surface area contributed by atoms with E-state index in [1.165, 1.54) is 23.1 Å². The van der Waals surface area contributed by atoms with E-state index in [4.69, 9.17) is 4.74 Å². The van der Waals surface area contributed by atoms with E-state index in [0.717, 1.165) is 0 Å². The Balaban J connectivity index is 2.49. The van der Waals surface area contributed by atoms with Crippen molar-refractivity contribution in [2.24, 2.45) is 0 Å². The average molecular weight is 313 g/mol. The summed E-state index contributed by atoms with van der Waals surface area (Å²) in [5.41, 5.74) is 0.793. The number of aryl methyl sites for hydroxylation is 1. The van der Waals surface area contributed by atoms with Crippen LogP contribution in [-0.4, -0.2) is 25.2 Å². The number of nitro benzene ring substituents is 1. The molecule has 1 aromatic heterocycles. The summed E-state index contributed by atoms with van der Waals surface area (Å²) in [5.74, 6) is 0.976. The maximum absolute atomic E-state index is 10.7. The fourth-order valence-corrected chi connectivity index (χ4v) is 1.69. The van der Waals surface area contributed by atoms with Gasteiger partial charge in [-0.05, 0) is 28.9 Å². The molecule has 0 saturated carbocycles. The first kappa shape index (κ1) is 12.5. The molecule has 2 rings (SSSR count).